The quantitative estimate of drug-likeness (QED) is 0.694. The first-order valence-electron chi connectivity index (χ1n) is 6.02. The summed E-state index contributed by atoms with van der Waals surface area (Å²) in [5.41, 5.74) is 1.35. The number of ketones is 1. The number of halogens is 1. The lowest BCUT2D eigenvalue weighted by atomic mass is 10.1. The normalized spacial score (nSPS) is 10.8. The molecule has 5 heteroatoms. The Bertz CT molecular complexity index is 833. The van der Waals surface area contributed by atoms with E-state index in [0.717, 1.165) is 21.6 Å². The highest BCUT2D eigenvalue weighted by molar-refractivity contribution is 7.16. The van der Waals surface area contributed by atoms with E-state index in [2.05, 4.69) is 0 Å². The van der Waals surface area contributed by atoms with E-state index < -0.39 is 0 Å². The summed E-state index contributed by atoms with van der Waals surface area (Å²) in [6, 6.07) is 14.1. The molecule has 2 aromatic carbocycles. The third-order valence-corrected chi connectivity index (χ3v) is 4.25. The third kappa shape index (κ3) is 2.40. The minimum Gasteiger partial charge on any atom is -0.292 e. The van der Waals surface area contributed by atoms with Gasteiger partial charge in [-0.25, -0.2) is 0 Å². The summed E-state index contributed by atoms with van der Waals surface area (Å²) in [6.45, 7) is 0.0461. The molecule has 0 aliphatic rings. The maximum absolute atomic E-state index is 12.2. The molecule has 1 aromatic heterocycles. The Morgan fingerprint density at radius 3 is 2.55 bits per heavy atom. The van der Waals surface area contributed by atoms with Crippen LogP contribution in [0.3, 0.4) is 0 Å². The number of aromatic nitrogens is 1. The Balaban J connectivity index is 1.97. The standard InChI is InChI=1S/C15H10ClNO2S/c16-11-7-5-10(6-8-11)13(18)9-17-12-3-1-2-4-14(12)20-15(17)19/h1-8H,9H2. The highest BCUT2D eigenvalue weighted by Gasteiger charge is 2.12. The minimum absolute atomic E-state index is 0.0461. The summed E-state index contributed by atoms with van der Waals surface area (Å²) in [6.07, 6.45) is 0. The van der Waals surface area contributed by atoms with Crippen LogP contribution in [0.2, 0.25) is 5.02 Å². The fourth-order valence-corrected chi connectivity index (χ4v) is 3.05. The number of carbonyl (C=O) groups is 1. The van der Waals surface area contributed by atoms with Gasteiger partial charge in [-0.3, -0.25) is 14.2 Å². The fraction of sp³-hybridized carbons (Fsp3) is 0.0667. The maximum atomic E-state index is 12.2. The molecule has 0 fully saturated rings. The van der Waals surface area contributed by atoms with Gasteiger partial charge in [0.15, 0.2) is 5.78 Å². The van der Waals surface area contributed by atoms with Gasteiger partial charge in [-0.2, -0.15) is 0 Å². The highest BCUT2D eigenvalue weighted by atomic mass is 35.5. The average Bonchev–Trinajstić information content (AvgIpc) is 2.76. The smallest absolute Gasteiger partial charge is 0.292 e. The van der Waals surface area contributed by atoms with E-state index in [1.165, 1.54) is 4.57 Å². The molecule has 3 rings (SSSR count). The highest BCUT2D eigenvalue weighted by Crippen LogP contribution is 2.17. The molecule has 0 aliphatic heterocycles. The van der Waals surface area contributed by atoms with Crippen molar-refractivity contribution < 1.29 is 4.79 Å². The number of carbonyl (C=O) groups excluding carboxylic acids is 1. The molecule has 0 bridgehead atoms. The van der Waals surface area contributed by atoms with Crippen LogP contribution in [0.1, 0.15) is 10.4 Å². The lowest BCUT2D eigenvalue weighted by Crippen LogP contribution is -2.19. The van der Waals surface area contributed by atoms with Gasteiger partial charge in [0.2, 0.25) is 0 Å². The van der Waals surface area contributed by atoms with Crippen LogP contribution in [0.25, 0.3) is 10.2 Å². The summed E-state index contributed by atoms with van der Waals surface area (Å²) in [7, 11) is 0. The predicted octanol–water partition coefficient (Wildman–Crippen LogP) is 3.60. The van der Waals surface area contributed by atoms with Crippen molar-refractivity contribution in [2.75, 3.05) is 0 Å². The van der Waals surface area contributed by atoms with E-state index in [0.29, 0.717) is 10.6 Å². The molecule has 0 N–H and O–H groups in total. The molecule has 0 atom stereocenters. The van der Waals surface area contributed by atoms with Crippen LogP contribution in [-0.2, 0) is 6.54 Å². The van der Waals surface area contributed by atoms with Crippen LogP contribution in [0.5, 0.6) is 0 Å². The van der Waals surface area contributed by atoms with E-state index in [4.69, 9.17) is 11.6 Å². The van der Waals surface area contributed by atoms with Gasteiger partial charge in [0.1, 0.15) is 0 Å². The molecule has 100 valence electrons. The van der Waals surface area contributed by atoms with Crippen LogP contribution < -0.4 is 4.87 Å². The molecular weight excluding hydrogens is 294 g/mol. The molecule has 0 radical (unpaired) electrons. The van der Waals surface area contributed by atoms with E-state index >= 15 is 0 Å². The van der Waals surface area contributed by atoms with E-state index in [9.17, 15) is 9.59 Å². The molecule has 3 nitrogen and oxygen atoms in total. The van der Waals surface area contributed by atoms with Gasteiger partial charge in [0.05, 0.1) is 16.8 Å². The summed E-state index contributed by atoms with van der Waals surface area (Å²) >= 11 is 6.95. The topological polar surface area (TPSA) is 39.1 Å². The molecular formula is C15H10ClNO2S. The molecule has 3 aromatic rings. The van der Waals surface area contributed by atoms with Gasteiger partial charge in [-0.05, 0) is 36.4 Å². The van der Waals surface area contributed by atoms with Crippen LogP contribution in [0.4, 0.5) is 0 Å². The van der Waals surface area contributed by atoms with Crippen molar-refractivity contribution in [2.45, 2.75) is 6.54 Å². The molecule has 0 saturated heterocycles. The zero-order chi connectivity index (χ0) is 14.1. The zero-order valence-corrected chi connectivity index (χ0v) is 11.9. The number of rotatable bonds is 3. The molecule has 1 heterocycles. The first-order valence-corrected chi connectivity index (χ1v) is 7.22. The lowest BCUT2D eigenvalue weighted by Gasteiger charge is -2.03. The molecule has 20 heavy (non-hydrogen) atoms. The number of fused-ring (bicyclic) bond motifs is 1. The Morgan fingerprint density at radius 1 is 1.10 bits per heavy atom. The van der Waals surface area contributed by atoms with E-state index in [1.54, 1.807) is 24.3 Å². The number of hydrogen-bond acceptors (Lipinski definition) is 3. The van der Waals surface area contributed by atoms with Crippen molar-refractivity contribution >= 4 is 38.9 Å². The van der Waals surface area contributed by atoms with Crippen molar-refractivity contribution in [1.82, 2.24) is 4.57 Å². The van der Waals surface area contributed by atoms with Gasteiger partial charge in [0.25, 0.3) is 0 Å². The van der Waals surface area contributed by atoms with Gasteiger partial charge >= 0.3 is 4.87 Å². The first-order chi connectivity index (χ1) is 9.65. The molecule has 0 spiro atoms. The van der Waals surface area contributed by atoms with Gasteiger partial charge < -0.3 is 0 Å². The number of Topliss-reactive ketones (excluding diaryl/α,β-unsaturated/α-hetero) is 1. The van der Waals surface area contributed by atoms with Crippen molar-refractivity contribution in [3.63, 3.8) is 0 Å². The van der Waals surface area contributed by atoms with Crippen molar-refractivity contribution in [1.29, 1.82) is 0 Å². The molecule has 0 amide bonds. The van der Waals surface area contributed by atoms with Crippen molar-refractivity contribution in [3.05, 3.63) is 68.8 Å². The van der Waals surface area contributed by atoms with Gasteiger partial charge in [-0.15, -0.1) is 0 Å². The number of thiazole rings is 1. The fourth-order valence-electron chi connectivity index (χ4n) is 2.03. The Labute approximate surface area is 124 Å². The predicted molar refractivity (Wildman–Crippen MR) is 81.9 cm³/mol. The number of benzene rings is 2. The number of nitrogens with zero attached hydrogens (tertiary/aromatic N) is 1. The summed E-state index contributed by atoms with van der Waals surface area (Å²) in [5.74, 6) is -0.104. The lowest BCUT2D eigenvalue weighted by molar-refractivity contribution is 0.0973. The summed E-state index contributed by atoms with van der Waals surface area (Å²) in [4.78, 5) is 24.1. The second kappa shape index (κ2) is 5.23. The van der Waals surface area contributed by atoms with Crippen LogP contribution in [0.15, 0.2) is 53.3 Å². The Hall–Kier alpha value is -1.91. The molecule has 0 unspecified atom stereocenters. The summed E-state index contributed by atoms with van der Waals surface area (Å²) in [5, 5.41) is 0.583. The van der Waals surface area contributed by atoms with E-state index in [1.807, 2.05) is 24.3 Å². The van der Waals surface area contributed by atoms with Crippen LogP contribution in [-0.4, -0.2) is 10.4 Å². The minimum atomic E-state index is -0.117. The Kier molecular flexibility index (Phi) is 3.42. The SMILES string of the molecule is O=C(Cn1c(=O)sc2ccccc21)c1ccc(Cl)cc1. The van der Waals surface area contributed by atoms with Gasteiger partial charge in [0, 0.05) is 10.6 Å². The van der Waals surface area contributed by atoms with Crippen molar-refractivity contribution in [3.8, 4) is 0 Å². The first kappa shape index (κ1) is 13.1. The molecule has 0 aliphatic carbocycles. The maximum Gasteiger partial charge on any atom is 0.308 e. The largest absolute Gasteiger partial charge is 0.308 e. The van der Waals surface area contributed by atoms with Crippen LogP contribution in [0, 0.1) is 0 Å². The van der Waals surface area contributed by atoms with Gasteiger partial charge in [-0.1, -0.05) is 35.1 Å². The third-order valence-electron chi connectivity index (χ3n) is 3.04. The Morgan fingerprint density at radius 2 is 1.80 bits per heavy atom. The van der Waals surface area contributed by atoms with E-state index in [-0.39, 0.29) is 17.2 Å². The second-order valence-corrected chi connectivity index (χ2v) is 5.78. The van der Waals surface area contributed by atoms with Crippen LogP contribution >= 0.6 is 22.9 Å². The monoisotopic (exact) mass is 303 g/mol. The number of hydrogen-bond donors (Lipinski definition) is 0. The van der Waals surface area contributed by atoms with Crippen molar-refractivity contribution in [2.24, 2.45) is 0 Å². The number of para-hydroxylation sites is 1. The average molecular weight is 304 g/mol. The zero-order valence-electron chi connectivity index (χ0n) is 10.4. The summed E-state index contributed by atoms with van der Waals surface area (Å²) < 4.78 is 2.40. The molecule has 0 saturated carbocycles. The second-order valence-electron chi connectivity index (χ2n) is 4.35.